The highest BCUT2D eigenvalue weighted by Gasteiger charge is 2.24. The quantitative estimate of drug-likeness (QED) is 0.645. The second-order valence-electron chi connectivity index (χ2n) is 7.99. The van der Waals surface area contributed by atoms with Crippen LogP contribution in [0.3, 0.4) is 0 Å². The first-order chi connectivity index (χ1) is 13.1. The first kappa shape index (κ1) is 20.1. The van der Waals surface area contributed by atoms with Crippen molar-refractivity contribution in [3.05, 3.63) is 11.3 Å². The maximum absolute atomic E-state index is 5.37. The zero-order valence-electron chi connectivity index (χ0n) is 17.0. The largest absolute Gasteiger partial charge is 0.363 e. The molecular weight excluding hydrogens is 356 g/mol. The SMILES string of the molecule is CCCNC(=S)N[C@H]1CC[C@@H](Nc2nc3c(c(N(C)C)n2)CCCC3)CC1. The van der Waals surface area contributed by atoms with Crippen molar-refractivity contribution in [3.63, 3.8) is 0 Å². The van der Waals surface area contributed by atoms with Gasteiger partial charge in [0.15, 0.2) is 5.11 Å². The van der Waals surface area contributed by atoms with Crippen LogP contribution < -0.4 is 20.9 Å². The molecule has 2 aliphatic carbocycles. The van der Waals surface area contributed by atoms with Crippen molar-refractivity contribution in [3.8, 4) is 0 Å². The molecule has 0 spiro atoms. The average molecular weight is 391 g/mol. The van der Waals surface area contributed by atoms with E-state index in [1.54, 1.807) is 0 Å². The van der Waals surface area contributed by atoms with Crippen LogP contribution in [0.1, 0.15) is 63.1 Å². The Balaban J connectivity index is 1.56. The number of rotatable bonds is 6. The molecule has 0 saturated heterocycles. The molecule has 3 N–H and O–H groups in total. The molecule has 0 aliphatic heterocycles. The number of nitrogens with zero attached hydrogens (tertiary/aromatic N) is 3. The van der Waals surface area contributed by atoms with Crippen molar-refractivity contribution in [2.24, 2.45) is 0 Å². The molecule has 0 atom stereocenters. The summed E-state index contributed by atoms with van der Waals surface area (Å²) >= 11 is 5.37. The molecule has 3 rings (SSSR count). The Kier molecular flexibility index (Phi) is 7.10. The molecule has 1 fully saturated rings. The van der Waals surface area contributed by atoms with Gasteiger partial charge in [0.25, 0.3) is 0 Å². The first-order valence-electron chi connectivity index (χ1n) is 10.4. The summed E-state index contributed by atoms with van der Waals surface area (Å²) in [6.45, 7) is 3.09. The normalized spacial score (nSPS) is 21.9. The number of aromatic nitrogens is 2. The molecule has 1 heterocycles. The molecule has 0 bridgehead atoms. The smallest absolute Gasteiger partial charge is 0.225 e. The number of anilines is 2. The molecule has 1 aromatic rings. The standard InChI is InChI=1S/C20H34N6S/c1-4-13-21-20(27)23-15-11-9-14(10-12-15)22-19-24-17-8-6-5-7-16(17)18(25-19)26(2)3/h14-15H,4-13H2,1-3H3,(H2,21,23,27)(H,22,24,25)/t14-,15+. The van der Waals surface area contributed by atoms with E-state index in [4.69, 9.17) is 22.2 Å². The van der Waals surface area contributed by atoms with Crippen LogP contribution in [-0.2, 0) is 12.8 Å². The summed E-state index contributed by atoms with van der Waals surface area (Å²) in [4.78, 5) is 11.8. The van der Waals surface area contributed by atoms with E-state index in [1.165, 1.54) is 24.1 Å². The fourth-order valence-corrected chi connectivity index (χ4v) is 4.32. The lowest BCUT2D eigenvalue weighted by molar-refractivity contribution is 0.385. The van der Waals surface area contributed by atoms with E-state index in [0.29, 0.717) is 12.1 Å². The van der Waals surface area contributed by atoms with Crippen LogP contribution in [0.4, 0.5) is 11.8 Å². The van der Waals surface area contributed by atoms with Gasteiger partial charge in [0.2, 0.25) is 5.95 Å². The topological polar surface area (TPSA) is 65.1 Å². The van der Waals surface area contributed by atoms with Crippen molar-refractivity contribution in [1.29, 1.82) is 0 Å². The van der Waals surface area contributed by atoms with Crippen LogP contribution >= 0.6 is 12.2 Å². The van der Waals surface area contributed by atoms with Crippen LogP contribution in [0.5, 0.6) is 0 Å². The maximum Gasteiger partial charge on any atom is 0.225 e. The van der Waals surface area contributed by atoms with E-state index in [0.717, 1.165) is 68.4 Å². The molecule has 1 saturated carbocycles. The molecule has 6 nitrogen and oxygen atoms in total. The minimum atomic E-state index is 0.442. The number of fused-ring (bicyclic) bond motifs is 1. The van der Waals surface area contributed by atoms with Gasteiger partial charge in [-0.3, -0.25) is 0 Å². The van der Waals surface area contributed by atoms with Crippen LogP contribution in [0, 0.1) is 0 Å². The number of thiocarbonyl (C=S) groups is 1. The van der Waals surface area contributed by atoms with Crippen molar-refractivity contribution in [2.75, 3.05) is 30.9 Å². The Bertz CT molecular complexity index is 640. The third-order valence-corrected chi connectivity index (χ3v) is 5.78. The Morgan fingerprint density at radius 3 is 2.48 bits per heavy atom. The Morgan fingerprint density at radius 1 is 1.07 bits per heavy atom. The lowest BCUT2D eigenvalue weighted by Gasteiger charge is -2.31. The summed E-state index contributed by atoms with van der Waals surface area (Å²) in [6, 6.07) is 0.915. The molecule has 0 radical (unpaired) electrons. The second-order valence-corrected chi connectivity index (χ2v) is 8.40. The molecule has 150 valence electrons. The molecule has 0 aromatic carbocycles. The van der Waals surface area contributed by atoms with E-state index in [9.17, 15) is 0 Å². The Labute approximate surface area is 168 Å². The highest BCUT2D eigenvalue weighted by molar-refractivity contribution is 7.80. The highest BCUT2D eigenvalue weighted by Crippen LogP contribution is 2.29. The van der Waals surface area contributed by atoms with Gasteiger partial charge in [-0.15, -0.1) is 0 Å². The van der Waals surface area contributed by atoms with Gasteiger partial charge in [0, 0.05) is 38.3 Å². The Morgan fingerprint density at radius 2 is 1.78 bits per heavy atom. The van der Waals surface area contributed by atoms with Crippen molar-refractivity contribution >= 4 is 29.1 Å². The molecule has 27 heavy (non-hydrogen) atoms. The molecule has 0 unspecified atom stereocenters. The molecule has 1 aromatic heterocycles. The summed E-state index contributed by atoms with van der Waals surface area (Å²) in [5, 5.41) is 11.1. The average Bonchev–Trinajstić information content (AvgIpc) is 2.67. The van der Waals surface area contributed by atoms with Gasteiger partial charge in [-0.1, -0.05) is 6.92 Å². The van der Waals surface area contributed by atoms with Crippen molar-refractivity contribution in [1.82, 2.24) is 20.6 Å². The summed E-state index contributed by atoms with van der Waals surface area (Å²) in [6.07, 6.45) is 10.2. The zero-order chi connectivity index (χ0) is 19.2. The Hall–Kier alpha value is -1.63. The first-order valence-corrected chi connectivity index (χ1v) is 10.9. The predicted octanol–water partition coefficient (Wildman–Crippen LogP) is 3.02. The highest BCUT2D eigenvalue weighted by atomic mass is 32.1. The van der Waals surface area contributed by atoms with Crippen LogP contribution in [-0.4, -0.2) is 47.8 Å². The third-order valence-electron chi connectivity index (χ3n) is 5.52. The fraction of sp³-hybridized carbons (Fsp3) is 0.750. The minimum Gasteiger partial charge on any atom is -0.363 e. The van der Waals surface area contributed by atoms with Gasteiger partial charge in [-0.25, -0.2) is 4.98 Å². The van der Waals surface area contributed by atoms with Gasteiger partial charge in [0.1, 0.15) is 5.82 Å². The predicted molar refractivity (Wildman–Crippen MR) is 117 cm³/mol. The van der Waals surface area contributed by atoms with E-state index in [1.807, 2.05) is 0 Å². The number of nitrogens with one attached hydrogen (secondary N) is 3. The van der Waals surface area contributed by atoms with E-state index in [-0.39, 0.29) is 0 Å². The third kappa shape index (κ3) is 5.43. The fourth-order valence-electron chi connectivity index (χ4n) is 4.05. The molecular formula is C20H34N6S. The van der Waals surface area contributed by atoms with Gasteiger partial charge in [0.05, 0.1) is 5.69 Å². The number of aryl methyl sites for hydroxylation is 1. The van der Waals surface area contributed by atoms with Crippen LogP contribution in [0.2, 0.25) is 0 Å². The van der Waals surface area contributed by atoms with E-state index in [2.05, 4.69) is 41.9 Å². The molecule has 7 heteroatoms. The van der Waals surface area contributed by atoms with Gasteiger partial charge in [-0.05, 0) is 70.0 Å². The number of hydrogen-bond acceptors (Lipinski definition) is 5. The van der Waals surface area contributed by atoms with Gasteiger partial charge in [-0.2, -0.15) is 4.98 Å². The lowest BCUT2D eigenvalue weighted by Crippen LogP contribution is -2.45. The minimum absolute atomic E-state index is 0.442. The van der Waals surface area contributed by atoms with Crippen LogP contribution in [0.25, 0.3) is 0 Å². The van der Waals surface area contributed by atoms with Gasteiger partial charge < -0.3 is 20.9 Å². The lowest BCUT2D eigenvalue weighted by atomic mass is 9.91. The van der Waals surface area contributed by atoms with Crippen LogP contribution in [0.15, 0.2) is 0 Å². The maximum atomic E-state index is 5.37. The second kappa shape index (κ2) is 9.53. The summed E-state index contributed by atoms with van der Waals surface area (Å²) in [5.74, 6) is 1.89. The number of hydrogen-bond donors (Lipinski definition) is 3. The van der Waals surface area contributed by atoms with Gasteiger partial charge >= 0.3 is 0 Å². The van der Waals surface area contributed by atoms with Crippen molar-refractivity contribution in [2.45, 2.75) is 76.8 Å². The summed E-state index contributed by atoms with van der Waals surface area (Å²) < 4.78 is 0. The van der Waals surface area contributed by atoms with Crippen molar-refractivity contribution < 1.29 is 0 Å². The monoisotopic (exact) mass is 390 g/mol. The molecule has 0 amide bonds. The summed E-state index contributed by atoms with van der Waals surface area (Å²) in [7, 11) is 4.15. The van der Waals surface area contributed by atoms with E-state index >= 15 is 0 Å². The van der Waals surface area contributed by atoms with E-state index < -0.39 is 0 Å². The molecule has 2 aliphatic rings. The zero-order valence-corrected chi connectivity index (χ0v) is 17.8. The summed E-state index contributed by atoms with van der Waals surface area (Å²) in [5.41, 5.74) is 2.59.